The molecule has 1 saturated heterocycles. The number of nitrogens with zero attached hydrogens (tertiary/aromatic N) is 2. The maximum absolute atomic E-state index is 13.1. The van der Waals surface area contributed by atoms with Crippen LogP contribution >= 0.6 is 0 Å². The standard InChI is InChI=1S/C19H20F3N3O3/c1-12-9-14(10-17(26)24(12)2)28-13-7-8-25(11-13)18(27)23-16-6-4-3-5-15(16)19(20,21)22/h3-6,9-10,13H,7-8,11H2,1-2H3,(H,23,27). The van der Waals surface area contributed by atoms with Crippen LogP contribution in [0.4, 0.5) is 23.7 Å². The lowest BCUT2D eigenvalue weighted by Gasteiger charge is -2.20. The number of hydrogen-bond donors (Lipinski definition) is 1. The van der Waals surface area contributed by atoms with Gasteiger partial charge in [0.25, 0.3) is 5.56 Å². The zero-order chi connectivity index (χ0) is 20.5. The number of hydrogen-bond acceptors (Lipinski definition) is 3. The maximum atomic E-state index is 13.1. The van der Waals surface area contributed by atoms with E-state index in [4.69, 9.17) is 4.74 Å². The fraction of sp³-hybridized carbons (Fsp3) is 0.368. The fourth-order valence-corrected chi connectivity index (χ4v) is 3.04. The second kappa shape index (κ2) is 7.57. The summed E-state index contributed by atoms with van der Waals surface area (Å²) in [5.74, 6) is 0.412. The number of anilines is 1. The molecular weight excluding hydrogens is 375 g/mol. The van der Waals surface area contributed by atoms with Gasteiger partial charge in [-0.25, -0.2) is 4.79 Å². The van der Waals surface area contributed by atoms with Gasteiger partial charge in [0.05, 0.1) is 17.8 Å². The predicted octanol–water partition coefficient (Wildman–Crippen LogP) is 3.40. The number of amides is 2. The molecule has 0 radical (unpaired) electrons. The number of aromatic nitrogens is 1. The van der Waals surface area contributed by atoms with Gasteiger partial charge in [0.2, 0.25) is 0 Å². The van der Waals surface area contributed by atoms with Crippen molar-refractivity contribution >= 4 is 11.7 Å². The Balaban J connectivity index is 1.65. The molecule has 1 fully saturated rings. The van der Waals surface area contributed by atoms with E-state index in [9.17, 15) is 22.8 Å². The number of para-hydroxylation sites is 1. The first-order valence-corrected chi connectivity index (χ1v) is 8.71. The second-order valence-electron chi connectivity index (χ2n) is 6.68. The molecule has 0 spiro atoms. The third-order valence-corrected chi connectivity index (χ3v) is 4.69. The summed E-state index contributed by atoms with van der Waals surface area (Å²) in [7, 11) is 1.65. The first-order valence-electron chi connectivity index (χ1n) is 8.71. The molecule has 9 heteroatoms. The van der Waals surface area contributed by atoms with Crippen LogP contribution in [0.1, 0.15) is 17.7 Å². The van der Waals surface area contributed by atoms with E-state index in [0.29, 0.717) is 18.7 Å². The molecular formula is C19H20F3N3O3. The highest BCUT2D eigenvalue weighted by molar-refractivity contribution is 5.90. The number of aryl methyl sites for hydroxylation is 1. The third-order valence-electron chi connectivity index (χ3n) is 4.69. The van der Waals surface area contributed by atoms with E-state index >= 15 is 0 Å². The molecule has 1 aromatic heterocycles. The smallest absolute Gasteiger partial charge is 0.418 e. The van der Waals surface area contributed by atoms with Crippen LogP contribution in [0.5, 0.6) is 5.75 Å². The Hall–Kier alpha value is -2.97. The average Bonchev–Trinajstić information content (AvgIpc) is 3.08. The Kier molecular flexibility index (Phi) is 5.35. The molecule has 0 aliphatic carbocycles. The van der Waals surface area contributed by atoms with E-state index < -0.39 is 17.8 Å². The normalized spacial score (nSPS) is 16.9. The lowest BCUT2D eigenvalue weighted by Crippen LogP contribution is -2.35. The van der Waals surface area contributed by atoms with E-state index in [2.05, 4.69) is 5.32 Å². The molecule has 2 heterocycles. The Morgan fingerprint density at radius 1 is 1.25 bits per heavy atom. The largest absolute Gasteiger partial charge is 0.488 e. The molecule has 3 rings (SSSR count). The summed E-state index contributed by atoms with van der Waals surface area (Å²) in [6.45, 7) is 2.34. The van der Waals surface area contributed by atoms with Gasteiger partial charge in [-0.3, -0.25) is 4.79 Å². The molecule has 1 atom stereocenters. The topological polar surface area (TPSA) is 63.6 Å². The van der Waals surface area contributed by atoms with Gasteiger partial charge in [0, 0.05) is 31.8 Å². The van der Waals surface area contributed by atoms with Crippen molar-refractivity contribution in [2.24, 2.45) is 7.05 Å². The van der Waals surface area contributed by atoms with Gasteiger partial charge in [-0.1, -0.05) is 12.1 Å². The Morgan fingerprint density at radius 3 is 2.64 bits per heavy atom. The van der Waals surface area contributed by atoms with Crippen molar-refractivity contribution in [2.75, 3.05) is 18.4 Å². The van der Waals surface area contributed by atoms with Crippen molar-refractivity contribution in [1.29, 1.82) is 0 Å². The molecule has 1 aliphatic rings. The molecule has 6 nitrogen and oxygen atoms in total. The van der Waals surface area contributed by atoms with Crippen LogP contribution in [-0.2, 0) is 13.2 Å². The molecule has 0 saturated carbocycles. The minimum Gasteiger partial charge on any atom is -0.488 e. The van der Waals surface area contributed by atoms with E-state index in [1.165, 1.54) is 33.7 Å². The highest BCUT2D eigenvalue weighted by Crippen LogP contribution is 2.34. The van der Waals surface area contributed by atoms with Crippen molar-refractivity contribution in [1.82, 2.24) is 9.47 Å². The lowest BCUT2D eigenvalue weighted by atomic mass is 10.1. The third kappa shape index (κ3) is 4.29. The van der Waals surface area contributed by atoms with Crippen molar-refractivity contribution in [2.45, 2.75) is 25.6 Å². The predicted molar refractivity (Wildman–Crippen MR) is 97.5 cm³/mol. The SMILES string of the molecule is Cc1cc(OC2CCN(C(=O)Nc3ccccc3C(F)(F)F)C2)cc(=O)n1C. The lowest BCUT2D eigenvalue weighted by molar-refractivity contribution is -0.136. The number of ether oxygens (including phenoxy) is 1. The number of rotatable bonds is 3. The van der Waals surface area contributed by atoms with Gasteiger partial charge >= 0.3 is 12.2 Å². The summed E-state index contributed by atoms with van der Waals surface area (Å²) < 4.78 is 46.5. The minimum absolute atomic E-state index is 0.202. The molecule has 0 bridgehead atoms. The van der Waals surface area contributed by atoms with E-state index in [1.807, 2.05) is 0 Å². The summed E-state index contributed by atoms with van der Waals surface area (Å²) in [5, 5.41) is 2.33. The van der Waals surface area contributed by atoms with Crippen LogP contribution < -0.4 is 15.6 Å². The molecule has 1 aromatic carbocycles. The van der Waals surface area contributed by atoms with Crippen LogP contribution in [0, 0.1) is 6.92 Å². The summed E-state index contributed by atoms with van der Waals surface area (Å²) in [6, 6.07) is 7.31. The first-order chi connectivity index (χ1) is 13.1. The van der Waals surface area contributed by atoms with Crippen molar-refractivity contribution in [3.05, 3.63) is 58.0 Å². The van der Waals surface area contributed by atoms with Gasteiger partial charge in [-0.2, -0.15) is 13.2 Å². The van der Waals surface area contributed by atoms with Crippen LogP contribution in [0.25, 0.3) is 0 Å². The summed E-state index contributed by atoms with van der Waals surface area (Å²) in [4.78, 5) is 25.6. The number of carbonyl (C=O) groups excluding carboxylic acids is 1. The number of benzene rings is 1. The number of pyridine rings is 1. The second-order valence-corrected chi connectivity index (χ2v) is 6.68. The van der Waals surface area contributed by atoms with Gasteiger partial charge in [-0.05, 0) is 25.1 Å². The number of urea groups is 1. The van der Waals surface area contributed by atoms with E-state index in [-0.39, 0.29) is 23.9 Å². The number of likely N-dealkylation sites (tertiary alicyclic amines) is 1. The molecule has 1 unspecified atom stereocenters. The molecule has 150 valence electrons. The van der Waals surface area contributed by atoms with Crippen molar-refractivity contribution in [3.8, 4) is 5.75 Å². The van der Waals surface area contributed by atoms with Crippen LogP contribution in [0.3, 0.4) is 0 Å². The number of carbonyl (C=O) groups is 1. The number of alkyl halides is 3. The maximum Gasteiger partial charge on any atom is 0.418 e. The quantitative estimate of drug-likeness (QED) is 0.867. The van der Waals surface area contributed by atoms with Crippen LogP contribution in [-0.4, -0.2) is 34.7 Å². The Bertz CT molecular complexity index is 940. The first kappa shape index (κ1) is 19.8. The Morgan fingerprint density at radius 2 is 1.96 bits per heavy atom. The Labute approximate surface area is 159 Å². The highest BCUT2D eigenvalue weighted by atomic mass is 19.4. The van der Waals surface area contributed by atoms with Crippen LogP contribution in [0.15, 0.2) is 41.2 Å². The fourth-order valence-electron chi connectivity index (χ4n) is 3.04. The van der Waals surface area contributed by atoms with Gasteiger partial charge in [0.1, 0.15) is 11.9 Å². The van der Waals surface area contributed by atoms with Gasteiger partial charge in [-0.15, -0.1) is 0 Å². The van der Waals surface area contributed by atoms with Gasteiger partial charge in [0.15, 0.2) is 0 Å². The van der Waals surface area contributed by atoms with E-state index in [0.717, 1.165) is 11.8 Å². The van der Waals surface area contributed by atoms with Crippen molar-refractivity contribution in [3.63, 3.8) is 0 Å². The number of nitrogens with one attached hydrogen (secondary N) is 1. The summed E-state index contributed by atoms with van der Waals surface area (Å²) in [5.41, 5.74) is -0.650. The van der Waals surface area contributed by atoms with E-state index in [1.54, 1.807) is 20.0 Å². The molecule has 2 amide bonds. The molecule has 28 heavy (non-hydrogen) atoms. The molecule has 1 aliphatic heterocycles. The van der Waals surface area contributed by atoms with Crippen LogP contribution in [0.2, 0.25) is 0 Å². The summed E-state index contributed by atoms with van der Waals surface area (Å²) in [6.07, 6.45) is -4.38. The van der Waals surface area contributed by atoms with Crippen molar-refractivity contribution < 1.29 is 22.7 Å². The monoisotopic (exact) mass is 395 g/mol. The zero-order valence-corrected chi connectivity index (χ0v) is 15.4. The number of halogens is 3. The van der Waals surface area contributed by atoms with Gasteiger partial charge < -0.3 is 19.5 Å². The molecule has 1 N–H and O–H groups in total. The highest BCUT2D eigenvalue weighted by Gasteiger charge is 2.34. The average molecular weight is 395 g/mol. The zero-order valence-electron chi connectivity index (χ0n) is 15.4. The minimum atomic E-state index is -4.56. The summed E-state index contributed by atoms with van der Waals surface area (Å²) >= 11 is 0. The molecule has 2 aromatic rings.